The zero-order valence-corrected chi connectivity index (χ0v) is 10.9. The Kier molecular flexibility index (Phi) is 5.35. The first-order valence-electron chi connectivity index (χ1n) is 6.10. The second kappa shape index (κ2) is 6.55. The lowest BCUT2D eigenvalue weighted by Crippen LogP contribution is -2.39. The van der Waals surface area contributed by atoms with Crippen LogP contribution >= 0.6 is 0 Å². The minimum atomic E-state index is -0.256. The van der Waals surface area contributed by atoms with Crippen molar-refractivity contribution in [1.29, 1.82) is 0 Å². The van der Waals surface area contributed by atoms with E-state index in [1.165, 1.54) is 7.11 Å². The fourth-order valence-corrected chi connectivity index (χ4v) is 2.00. The number of nitrogens with zero attached hydrogens (tertiary/aromatic N) is 1. The maximum Gasteiger partial charge on any atom is 0.333 e. The van der Waals surface area contributed by atoms with Crippen molar-refractivity contribution in [3.63, 3.8) is 0 Å². The molecular formula is C13H21NO3. The van der Waals surface area contributed by atoms with Gasteiger partial charge in [0, 0.05) is 37.5 Å². The van der Waals surface area contributed by atoms with E-state index in [1.807, 2.05) is 19.9 Å². The number of ketones is 1. The third-order valence-corrected chi connectivity index (χ3v) is 3.18. The van der Waals surface area contributed by atoms with Crippen LogP contribution < -0.4 is 0 Å². The average Bonchev–Trinajstić information content (AvgIpc) is 2.33. The van der Waals surface area contributed by atoms with Gasteiger partial charge in [-0.3, -0.25) is 9.69 Å². The molecule has 0 aromatic carbocycles. The lowest BCUT2D eigenvalue weighted by Gasteiger charge is -2.29. The molecule has 17 heavy (non-hydrogen) atoms. The SMILES string of the molecule is CCC(=CCN1CCC(=O)C(C)C1)C(=O)OC. The number of likely N-dealkylation sites (tertiary alicyclic amines) is 1. The lowest BCUT2D eigenvalue weighted by molar-refractivity contribution is -0.136. The van der Waals surface area contributed by atoms with Crippen LogP contribution in [0, 0.1) is 5.92 Å². The van der Waals surface area contributed by atoms with Crippen LogP contribution in [0.1, 0.15) is 26.7 Å². The van der Waals surface area contributed by atoms with Crippen LogP contribution in [0.15, 0.2) is 11.6 Å². The van der Waals surface area contributed by atoms with Crippen molar-refractivity contribution in [1.82, 2.24) is 4.90 Å². The van der Waals surface area contributed by atoms with Gasteiger partial charge in [-0.25, -0.2) is 4.79 Å². The number of methoxy groups -OCH3 is 1. The van der Waals surface area contributed by atoms with E-state index < -0.39 is 0 Å². The molecule has 0 bridgehead atoms. The Morgan fingerprint density at radius 1 is 1.59 bits per heavy atom. The van der Waals surface area contributed by atoms with Gasteiger partial charge in [0.15, 0.2) is 0 Å². The highest BCUT2D eigenvalue weighted by molar-refractivity contribution is 5.88. The molecule has 0 radical (unpaired) electrons. The summed E-state index contributed by atoms with van der Waals surface area (Å²) in [5, 5.41) is 0. The molecule has 0 aromatic heterocycles. The third-order valence-electron chi connectivity index (χ3n) is 3.18. The van der Waals surface area contributed by atoms with Gasteiger partial charge in [0.05, 0.1) is 7.11 Å². The number of carbonyl (C=O) groups excluding carboxylic acids is 2. The van der Waals surface area contributed by atoms with E-state index in [1.54, 1.807) is 0 Å². The number of rotatable bonds is 4. The summed E-state index contributed by atoms with van der Waals surface area (Å²) in [6, 6.07) is 0. The standard InChI is InChI=1S/C13H21NO3/c1-4-11(13(16)17-3)5-7-14-8-6-12(15)10(2)9-14/h5,10H,4,6-9H2,1-3H3. The summed E-state index contributed by atoms with van der Waals surface area (Å²) in [6.07, 6.45) is 3.21. The highest BCUT2D eigenvalue weighted by atomic mass is 16.5. The number of carbonyl (C=O) groups is 2. The van der Waals surface area contributed by atoms with Crippen molar-refractivity contribution >= 4 is 11.8 Å². The topological polar surface area (TPSA) is 46.6 Å². The lowest BCUT2D eigenvalue weighted by atomic mass is 9.98. The van der Waals surface area contributed by atoms with Gasteiger partial charge < -0.3 is 4.74 Å². The molecule has 0 spiro atoms. The summed E-state index contributed by atoms with van der Waals surface area (Å²) in [7, 11) is 1.40. The monoisotopic (exact) mass is 239 g/mol. The van der Waals surface area contributed by atoms with Gasteiger partial charge in [-0.2, -0.15) is 0 Å². The predicted molar refractivity (Wildman–Crippen MR) is 65.6 cm³/mol. The van der Waals surface area contributed by atoms with Gasteiger partial charge in [-0.1, -0.05) is 19.9 Å². The van der Waals surface area contributed by atoms with Crippen molar-refractivity contribution in [2.45, 2.75) is 26.7 Å². The quantitative estimate of drug-likeness (QED) is 0.549. The molecule has 96 valence electrons. The first-order valence-corrected chi connectivity index (χ1v) is 6.10. The Labute approximate surface area is 103 Å². The Morgan fingerprint density at radius 2 is 2.29 bits per heavy atom. The number of hydrogen-bond donors (Lipinski definition) is 0. The molecule has 1 heterocycles. The number of ether oxygens (including phenoxy) is 1. The normalized spacial score (nSPS) is 22.6. The molecule has 0 aliphatic carbocycles. The van der Waals surface area contributed by atoms with E-state index in [2.05, 4.69) is 4.90 Å². The second-order valence-electron chi connectivity index (χ2n) is 4.45. The minimum Gasteiger partial charge on any atom is -0.466 e. The van der Waals surface area contributed by atoms with Gasteiger partial charge in [0.1, 0.15) is 5.78 Å². The number of piperidine rings is 1. The van der Waals surface area contributed by atoms with Crippen LogP contribution in [0.2, 0.25) is 0 Å². The zero-order valence-electron chi connectivity index (χ0n) is 10.9. The van der Waals surface area contributed by atoms with Crippen LogP contribution in [0.5, 0.6) is 0 Å². The highest BCUT2D eigenvalue weighted by Crippen LogP contribution is 2.13. The van der Waals surface area contributed by atoms with E-state index in [-0.39, 0.29) is 11.9 Å². The molecule has 1 aliphatic rings. The average molecular weight is 239 g/mol. The molecule has 0 N–H and O–H groups in total. The number of esters is 1. The fraction of sp³-hybridized carbons (Fsp3) is 0.692. The van der Waals surface area contributed by atoms with Crippen LogP contribution in [-0.4, -0.2) is 43.4 Å². The smallest absolute Gasteiger partial charge is 0.333 e. The van der Waals surface area contributed by atoms with Gasteiger partial charge in [-0.05, 0) is 6.42 Å². The van der Waals surface area contributed by atoms with Gasteiger partial charge in [0.25, 0.3) is 0 Å². The summed E-state index contributed by atoms with van der Waals surface area (Å²) in [4.78, 5) is 24.9. The summed E-state index contributed by atoms with van der Waals surface area (Å²) < 4.78 is 4.70. The Bertz CT molecular complexity index is 323. The largest absolute Gasteiger partial charge is 0.466 e. The molecule has 1 atom stereocenters. The van der Waals surface area contributed by atoms with Crippen molar-refractivity contribution in [3.8, 4) is 0 Å². The van der Waals surface area contributed by atoms with Crippen LogP contribution in [0.4, 0.5) is 0 Å². The van der Waals surface area contributed by atoms with E-state index >= 15 is 0 Å². The van der Waals surface area contributed by atoms with Gasteiger partial charge in [0.2, 0.25) is 0 Å². The van der Waals surface area contributed by atoms with Crippen molar-refractivity contribution < 1.29 is 14.3 Å². The summed E-state index contributed by atoms with van der Waals surface area (Å²) in [5.41, 5.74) is 0.706. The molecule has 4 nitrogen and oxygen atoms in total. The summed E-state index contributed by atoms with van der Waals surface area (Å²) in [6.45, 7) is 6.19. The molecule has 1 saturated heterocycles. The summed E-state index contributed by atoms with van der Waals surface area (Å²) >= 11 is 0. The third kappa shape index (κ3) is 3.97. The number of hydrogen-bond acceptors (Lipinski definition) is 4. The maximum absolute atomic E-state index is 11.4. The van der Waals surface area contributed by atoms with Gasteiger partial charge in [-0.15, -0.1) is 0 Å². The first kappa shape index (κ1) is 13.9. The van der Waals surface area contributed by atoms with E-state index in [9.17, 15) is 9.59 Å². The second-order valence-corrected chi connectivity index (χ2v) is 4.45. The fourth-order valence-electron chi connectivity index (χ4n) is 2.00. The van der Waals surface area contributed by atoms with Gasteiger partial charge >= 0.3 is 5.97 Å². The molecule has 1 aliphatic heterocycles. The predicted octanol–water partition coefficient (Wildman–Crippen LogP) is 1.41. The maximum atomic E-state index is 11.4. The summed E-state index contributed by atoms with van der Waals surface area (Å²) in [5.74, 6) is 0.197. The van der Waals surface area contributed by atoms with Crippen LogP contribution in [0.3, 0.4) is 0 Å². The Balaban J connectivity index is 2.51. The molecule has 0 aromatic rings. The molecule has 1 unspecified atom stereocenters. The Morgan fingerprint density at radius 3 is 2.82 bits per heavy atom. The number of Topliss-reactive ketones (excluding diaryl/α,β-unsaturated/α-hetero) is 1. The zero-order chi connectivity index (χ0) is 12.8. The molecule has 0 saturated carbocycles. The molecule has 4 heteroatoms. The molecular weight excluding hydrogens is 218 g/mol. The molecule has 0 amide bonds. The molecule has 1 fully saturated rings. The van der Waals surface area contributed by atoms with E-state index in [4.69, 9.17) is 4.74 Å². The van der Waals surface area contributed by atoms with Crippen molar-refractivity contribution in [2.24, 2.45) is 5.92 Å². The first-order chi connectivity index (χ1) is 8.08. The van der Waals surface area contributed by atoms with Crippen LogP contribution in [0.25, 0.3) is 0 Å². The minimum absolute atomic E-state index is 0.111. The van der Waals surface area contributed by atoms with Crippen molar-refractivity contribution in [3.05, 3.63) is 11.6 Å². The Hall–Kier alpha value is -1.16. The van der Waals surface area contributed by atoms with E-state index in [0.29, 0.717) is 24.2 Å². The van der Waals surface area contributed by atoms with Crippen molar-refractivity contribution in [2.75, 3.05) is 26.7 Å². The van der Waals surface area contributed by atoms with Crippen LogP contribution in [-0.2, 0) is 14.3 Å². The highest BCUT2D eigenvalue weighted by Gasteiger charge is 2.22. The molecule has 1 rings (SSSR count). The van der Waals surface area contributed by atoms with E-state index in [0.717, 1.165) is 19.6 Å².